The maximum atomic E-state index is 11.9. The molecule has 1 aromatic heterocycles. The van der Waals surface area contributed by atoms with Crippen LogP contribution in [0.15, 0.2) is 35.4 Å². The highest BCUT2D eigenvalue weighted by Crippen LogP contribution is 2.28. The largest absolute Gasteiger partial charge is 0.307 e. The summed E-state index contributed by atoms with van der Waals surface area (Å²) in [6, 6.07) is 5.95. The Morgan fingerprint density at radius 1 is 1.47 bits per heavy atom. The molecule has 1 heterocycles. The maximum absolute atomic E-state index is 11.9. The Kier molecular flexibility index (Phi) is 3.81. The van der Waals surface area contributed by atoms with Crippen LogP contribution in [-0.2, 0) is 0 Å². The quantitative estimate of drug-likeness (QED) is 0.507. The number of nitrogens with zero attached hydrogens (tertiary/aromatic N) is 2. The molecule has 19 heavy (non-hydrogen) atoms. The van der Waals surface area contributed by atoms with Gasteiger partial charge in [-0.25, -0.2) is 0 Å². The molecule has 0 bridgehead atoms. The van der Waals surface area contributed by atoms with Crippen LogP contribution in [0.25, 0.3) is 0 Å². The number of hydrogen-bond donors (Lipinski definition) is 2. The van der Waals surface area contributed by atoms with Crippen molar-refractivity contribution in [2.24, 2.45) is 0 Å². The summed E-state index contributed by atoms with van der Waals surface area (Å²) in [5, 5.41) is 19.7. The average Bonchev–Trinajstić information content (AvgIpc) is 2.90. The Labute approximate surface area is 112 Å². The van der Waals surface area contributed by atoms with Crippen molar-refractivity contribution in [2.75, 3.05) is 11.6 Å². The number of hydrogen-bond acceptors (Lipinski definition) is 5. The first-order valence-corrected chi connectivity index (χ1v) is 6.47. The molecule has 1 aromatic carbocycles. The second-order valence-corrected chi connectivity index (χ2v) is 4.42. The Bertz CT molecular complexity index is 612. The van der Waals surface area contributed by atoms with Crippen molar-refractivity contribution in [3.05, 3.63) is 46.1 Å². The summed E-state index contributed by atoms with van der Waals surface area (Å²) in [6.07, 6.45) is 3.24. The molecule has 8 heteroatoms. The zero-order chi connectivity index (χ0) is 13.8. The molecule has 2 rings (SSSR count). The van der Waals surface area contributed by atoms with Crippen LogP contribution >= 0.6 is 11.8 Å². The highest BCUT2D eigenvalue weighted by molar-refractivity contribution is 7.98. The topological polar surface area (TPSA) is 101 Å². The molecular weight excluding hydrogens is 268 g/mol. The number of amides is 1. The van der Waals surface area contributed by atoms with E-state index >= 15 is 0 Å². The fraction of sp³-hybridized carbons (Fsp3) is 0.0909. The van der Waals surface area contributed by atoms with E-state index < -0.39 is 10.8 Å². The van der Waals surface area contributed by atoms with Crippen molar-refractivity contribution < 1.29 is 9.72 Å². The van der Waals surface area contributed by atoms with Crippen molar-refractivity contribution in [3.8, 4) is 0 Å². The van der Waals surface area contributed by atoms with E-state index in [0.717, 1.165) is 0 Å². The molecule has 0 aliphatic rings. The molecule has 0 unspecified atom stereocenters. The van der Waals surface area contributed by atoms with Crippen LogP contribution in [-0.4, -0.2) is 27.3 Å². The lowest BCUT2D eigenvalue weighted by Gasteiger charge is -2.04. The molecule has 7 nitrogen and oxygen atoms in total. The molecule has 2 aromatic rings. The summed E-state index contributed by atoms with van der Waals surface area (Å²) < 4.78 is 0. The zero-order valence-corrected chi connectivity index (χ0v) is 10.7. The lowest BCUT2D eigenvalue weighted by molar-refractivity contribution is -0.387. The normalized spacial score (nSPS) is 10.2. The van der Waals surface area contributed by atoms with E-state index in [1.165, 1.54) is 24.0 Å². The summed E-state index contributed by atoms with van der Waals surface area (Å²) in [6.45, 7) is 0. The molecule has 0 saturated heterocycles. The molecule has 2 N–H and O–H groups in total. The third kappa shape index (κ3) is 2.91. The van der Waals surface area contributed by atoms with Gasteiger partial charge in [0.1, 0.15) is 5.82 Å². The average molecular weight is 278 g/mol. The van der Waals surface area contributed by atoms with Crippen LogP contribution in [0.5, 0.6) is 0 Å². The van der Waals surface area contributed by atoms with Crippen molar-refractivity contribution >= 4 is 29.2 Å². The number of carbonyl (C=O) groups excluding carboxylic acids is 1. The van der Waals surface area contributed by atoms with E-state index in [-0.39, 0.29) is 11.3 Å². The van der Waals surface area contributed by atoms with Crippen LogP contribution in [0.3, 0.4) is 0 Å². The number of benzene rings is 1. The number of aromatic nitrogens is 2. The van der Waals surface area contributed by atoms with Crippen LogP contribution < -0.4 is 5.32 Å². The summed E-state index contributed by atoms with van der Waals surface area (Å²) in [5.74, 6) is 0.00148. The molecule has 0 fully saturated rings. The minimum atomic E-state index is -0.501. The Morgan fingerprint density at radius 2 is 2.26 bits per heavy atom. The van der Waals surface area contributed by atoms with Crippen molar-refractivity contribution in [1.82, 2.24) is 10.2 Å². The van der Waals surface area contributed by atoms with Crippen LogP contribution in [0.4, 0.5) is 11.5 Å². The number of rotatable bonds is 4. The lowest BCUT2D eigenvalue weighted by Crippen LogP contribution is -2.12. The van der Waals surface area contributed by atoms with Gasteiger partial charge in [-0.1, -0.05) is 0 Å². The smallest absolute Gasteiger partial charge is 0.283 e. The van der Waals surface area contributed by atoms with Crippen LogP contribution in [0, 0.1) is 10.1 Å². The van der Waals surface area contributed by atoms with Gasteiger partial charge < -0.3 is 5.32 Å². The van der Waals surface area contributed by atoms with Crippen molar-refractivity contribution in [1.29, 1.82) is 0 Å². The number of H-pyrrole nitrogens is 1. The number of carbonyl (C=O) groups is 1. The van der Waals surface area contributed by atoms with Crippen LogP contribution in [0.1, 0.15) is 10.4 Å². The molecule has 0 atom stereocenters. The predicted octanol–water partition coefficient (Wildman–Crippen LogP) is 2.29. The van der Waals surface area contributed by atoms with Gasteiger partial charge >= 0.3 is 0 Å². The second-order valence-electron chi connectivity index (χ2n) is 3.57. The third-order valence-corrected chi connectivity index (χ3v) is 3.17. The van der Waals surface area contributed by atoms with Gasteiger partial charge in [0.25, 0.3) is 11.6 Å². The van der Waals surface area contributed by atoms with Gasteiger partial charge in [0, 0.05) is 17.7 Å². The van der Waals surface area contributed by atoms with Crippen molar-refractivity contribution in [2.45, 2.75) is 4.90 Å². The van der Waals surface area contributed by atoms with E-state index in [0.29, 0.717) is 10.7 Å². The van der Waals surface area contributed by atoms with E-state index in [1.54, 1.807) is 24.5 Å². The summed E-state index contributed by atoms with van der Waals surface area (Å²) in [7, 11) is 0. The minimum absolute atomic E-state index is 0.0789. The fourth-order valence-corrected chi connectivity index (χ4v) is 2.04. The van der Waals surface area contributed by atoms with Gasteiger partial charge in [-0.3, -0.25) is 20.0 Å². The first-order valence-electron chi connectivity index (χ1n) is 5.25. The summed E-state index contributed by atoms with van der Waals surface area (Å²) in [4.78, 5) is 22.8. The standard InChI is InChI=1S/C11H10N4O3S/c1-19-9-3-2-7(6-8(9)15(17)18)11(16)13-10-4-5-12-14-10/h2-6H,1H3,(H2,12,13,14,16). The number of nitro groups is 1. The van der Waals surface area contributed by atoms with E-state index in [2.05, 4.69) is 15.5 Å². The van der Waals surface area contributed by atoms with E-state index in [1.807, 2.05) is 0 Å². The molecule has 1 amide bonds. The van der Waals surface area contributed by atoms with E-state index in [4.69, 9.17) is 0 Å². The molecular formula is C11H10N4O3S. The predicted molar refractivity (Wildman–Crippen MR) is 71.4 cm³/mol. The van der Waals surface area contributed by atoms with Gasteiger partial charge in [-0.15, -0.1) is 11.8 Å². The molecule has 0 saturated carbocycles. The molecule has 0 aliphatic carbocycles. The molecule has 0 radical (unpaired) electrons. The maximum Gasteiger partial charge on any atom is 0.283 e. The number of nitrogens with one attached hydrogen (secondary N) is 2. The second kappa shape index (κ2) is 5.53. The summed E-state index contributed by atoms with van der Waals surface area (Å²) >= 11 is 1.26. The highest BCUT2D eigenvalue weighted by atomic mass is 32.2. The number of nitro benzene ring substituents is 1. The third-order valence-electron chi connectivity index (χ3n) is 2.39. The van der Waals surface area contributed by atoms with Gasteiger partial charge in [-0.05, 0) is 18.4 Å². The molecule has 0 aliphatic heterocycles. The van der Waals surface area contributed by atoms with Gasteiger partial charge in [0.15, 0.2) is 0 Å². The van der Waals surface area contributed by atoms with Gasteiger partial charge in [-0.2, -0.15) is 5.10 Å². The molecule has 98 valence electrons. The Hall–Kier alpha value is -2.35. The zero-order valence-electron chi connectivity index (χ0n) is 9.91. The minimum Gasteiger partial charge on any atom is -0.307 e. The first-order chi connectivity index (χ1) is 9.11. The number of anilines is 1. The highest BCUT2D eigenvalue weighted by Gasteiger charge is 2.17. The number of aromatic amines is 1. The fourth-order valence-electron chi connectivity index (χ4n) is 1.49. The number of thioether (sulfide) groups is 1. The van der Waals surface area contributed by atoms with E-state index in [9.17, 15) is 14.9 Å². The SMILES string of the molecule is CSc1ccc(C(=O)Nc2ccn[nH]2)cc1[N+](=O)[O-]. The Balaban J connectivity index is 2.27. The lowest BCUT2D eigenvalue weighted by atomic mass is 10.2. The first kappa shape index (κ1) is 13.1. The van der Waals surface area contributed by atoms with Crippen LogP contribution in [0.2, 0.25) is 0 Å². The van der Waals surface area contributed by atoms with Crippen molar-refractivity contribution in [3.63, 3.8) is 0 Å². The summed E-state index contributed by atoms with van der Waals surface area (Å²) in [5.41, 5.74) is 0.142. The Morgan fingerprint density at radius 3 is 2.84 bits per heavy atom. The monoisotopic (exact) mass is 278 g/mol. The van der Waals surface area contributed by atoms with Gasteiger partial charge in [0.2, 0.25) is 0 Å². The molecule has 0 spiro atoms. The van der Waals surface area contributed by atoms with Gasteiger partial charge in [0.05, 0.1) is 16.0 Å².